The predicted molar refractivity (Wildman–Crippen MR) is 143 cm³/mol. The number of amides is 1. The van der Waals surface area contributed by atoms with Gasteiger partial charge in [-0.05, 0) is 48.5 Å². The number of methoxy groups -OCH3 is 2. The van der Waals surface area contributed by atoms with Crippen molar-refractivity contribution in [1.82, 2.24) is 20.1 Å². The average Bonchev–Trinajstić information content (AvgIpc) is 2.95. The number of aromatic carboxylic acids is 1. The van der Waals surface area contributed by atoms with Crippen molar-refractivity contribution >= 4 is 33.7 Å². The van der Waals surface area contributed by atoms with Crippen LogP contribution in [0.1, 0.15) is 27.9 Å². The lowest BCUT2D eigenvalue weighted by molar-refractivity contribution is -0.0760. The molecule has 0 saturated carbocycles. The first-order chi connectivity index (χ1) is 18.1. The summed E-state index contributed by atoms with van der Waals surface area (Å²) in [7, 11) is 7.78. The third-order valence-corrected chi connectivity index (χ3v) is 5.25. The highest BCUT2D eigenvalue weighted by atomic mass is 16.7. The van der Waals surface area contributed by atoms with E-state index in [0.717, 1.165) is 37.9 Å². The molecule has 0 aliphatic heterocycles. The van der Waals surface area contributed by atoms with Gasteiger partial charge in [0, 0.05) is 31.4 Å². The molecule has 0 bridgehead atoms. The first-order valence-corrected chi connectivity index (χ1v) is 11.5. The van der Waals surface area contributed by atoms with Crippen LogP contribution in [-0.2, 0) is 4.84 Å². The van der Waals surface area contributed by atoms with Crippen LogP contribution in [0.4, 0.5) is 0 Å². The van der Waals surface area contributed by atoms with Crippen LogP contribution in [0.2, 0.25) is 0 Å². The SMILES string of the molecule is CCN(C)O.COc1ccc2nc(C(=O)N(C)OC)ccc2c1.COc1ccc2nc(C(=O)O)ccc2c1. The van der Waals surface area contributed by atoms with Gasteiger partial charge in [-0.2, -0.15) is 5.06 Å². The molecule has 2 heterocycles. The van der Waals surface area contributed by atoms with E-state index in [9.17, 15) is 9.59 Å². The first-order valence-electron chi connectivity index (χ1n) is 11.5. The van der Waals surface area contributed by atoms with Crippen molar-refractivity contribution < 1.29 is 34.2 Å². The molecule has 0 aliphatic rings. The van der Waals surface area contributed by atoms with Gasteiger partial charge in [-0.1, -0.05) is 19.1 Å². The van der Waals surface area contributed by atoms with Crippen LogP contribution in [0.25, 0.3) is 21.8 Å². The third kappa shape index (κ3) is 8.37. The van der Waals surface area contributed by atoms with Crippen LogP contribution in [-0.4, -0.2) is 84.3 Å². The molecule has 38 heavy (non-hydrogen) atoms. The van der Waals surface area contributed by atoms with Crippen LogP contribution in [0.3, 0.4) is 0 Å². The van der Waals surface area contributed by atoms with Crippen molar-refractivity contribution in [3.05, 3.63) is 72.1 Å². The van der Waals surface area contributed by atoms with Crippen LogP contribution in [0.15, 0.2) is 60.7 Å². The largest absolute Gasteiger partial charge is 0.497 e. The normalized spacial score (nSPS) is 10.2. The van der Waals surface area contributed by atoms with Crippen LogP contribution in [0.5, 0.6) is 11.5 Å². The zero-order valence-electron chi connectivity index (χ0n) is 22.2. The van der Waals surface area contributed by atoms with Crippen LogP contribution in [0, 0.1) is 0 Å². The van der Waals surface area contributed by atoms with Gasteiger partial charge in [0.05, 0.1) is 32.4 Å². The standard InChI is InChI=1S/C13H14N2O3.C11H9NO3.C3H9NO/c1-15(18-3)13(16)12-6-4-9-8-10(17-2)5-7-11(9)14-12;1-15-8-3-5-9-7(6-8)2-4-10(12-9)11(13)14;1-3-4(2)5/h4-8H,1-3H3;2-6H,1H3,(H,13,14);5H,3H2,1-2H3. The highest BCUT2D eigenvalue weighted by Gasteiger charge is 2.13. The molecule has 0 unspecified atom stereocenters. The molecular weight excluding hydrogens is 492 g/mol. The summed E-state index contributed by atoms with van der Waals surface area (Å²) in [6.45, 7) is 2.57. The Bertz CT molecular complexity index is 1380. The second kappa shape index (κ2) is 14.4. The molecule has 1 amide bonds. The number of ether oxygens (including phenoxy) is 2. The Morgan fingerprint density at radius 1 is 0.789 bits per heavy atom. The zero-order valence-corrected chi connectivity index (χ0v) is 22.2. The van der Waals surface area contributed by atoms with Crippen molar-refractivity contribution in [3.8, 4) is 11.5 Å². The van der Waals surface area contributed by atoms with Gasteiger partial charge < -0.3 is 19.8 Å². The number of hydrogen-bond acceptors (Lipinski definition) is 9. The fourth-order valence-electron chi connectivity index (χ4n) is 2.94. The molecule has 11 nitrogen and oxygen atoms in total. The maximum atomic E-state index is 11.9. The van der Waals surface area contributed by atoms with E-state index in [0.29, 0.717) is 17.8 Å². The molecule has 4 rings (SSSR count). The highest BCUT2D eigenvalue weighted by Crippen LogP contribution is 2.20. The fourth-order valence-corrected chi connectivity index (χ4v) is 2.94. The lowest BCUT2D eigenvalue weighted by Gasteiger charge is -2.13. The Morgan fingerprint density at radius 2 is 1.24 bits per heavy atom. The van der Waals surface area contributed by atoms with Gasteiger partial charge in [-0.25, -0.2) is 19.8 Å². The third-order valence-electron chi connectivity index (χ3n) is 5.25. The Hall–Kier alpha value is -4.32. The van der Waals surface area contributed by atoms with Gasteiger partial charge in [0.15, 0.2) is 0 Å². The van der Waals surface area contributed by atoms with E-state index in [1.54, 1.807) is 52.6 Å². The summed E-state index contributed by atoms with van der Waals surface area (Å²) in [5.74, 6) is 0.188. The first kappa shape index (κ1) is 29.9. The van der Waals surface area contributed by atoms with E-state index in [1.807, 2.05) is 37.3 Å². The number of rotatable bonds is 6. The molecule has 0 saturated heterocycles. The van der Waals surface area contributed by atoms with Crippen LogP contribution >= 0.6 is 0 Å². The monoisotopic (exact) mass is 524 g/mol. The number of hydroxylamine groups is 4. The molecule has 2 aromatic heterocycles. The molecule has 11 heteroatoms. The number of pyridine rings is 2. The molecule has 4 aromatic rings. The summed E-state index contributed by atoms with van der Waals surface area (Å²) < 4.78 is 10.2. The summed E-state index contributed by atoms with van der Waals surface area (Å²) in [4.78, 5) is 35.7. The van der Waals surface area contributed by atoms with Gasteiger partial charge in [0.1, 0.15) is 22.9 Å². The number of aromatic nitrogens is 2. The van der Waals surface area contributed by atoms with Crippen molar-refractivity contribution in [2.75, 3.05) is 42.0 Å². The summed E-state index contributed by atoms with van der Waals surface area (Å²) >= 11 is 0. The molecule has 2 N–H and O–H groups in total. The summed E-state index contributed by atoms with van der Waals surface area (Å²) in [6.07, 6.45) is 0. The van der Waals surface area contributed by atoms with Crippen molar-refractivity contribution in [2.24, 2.45) is 0 Å². The molecule has 0 spiro atoms. The number of carbonyl (C=O) groups excluding carboxylic acids is 1. The smallest absolute Gasteiger partial charge is 0.354 e. The number of benzene rings is 2. The summed E-state index contributed by atoms with van der Waals surface area (Å²) in [5, 5.41) is 21.0. The quantitative estimate of drug-likeness (QED) is 0.354. The molecule has 0 atom stereocenters. The van der Waals surface area contributed by atoms with Gasteiger partial charge >= 0.3 is 5.97 Å². The van der Waals surface area contributed by atoms with Gasteiger partial charge in [-0.3, -0.25) is 9.63 Å². The fraction of sp³-hybridized carbons (Fsp3) is 0.259. The Kier molecular flexibility index (Phi) is 11.4. The minimum absolute atomic E-state index is 0.0488. The molecule has 202 valence electrons. The lowest BCUT2D eigenvalue weighted by Crippen LogP contribution is -2.26. The topological polar surface area (TPSA) is 135 Å². The van der Waals surface area contributed by atoms with E-state index in [2.05, 4.69) is 9.97 Å². The molecule has 0 aliphatic carbocycles. The average molecular weight is 525 g/mol. The summed E-state index contributed by atoms with van der Waals surface area (Å²) in [5.41, 5.74) is 1.78. The minimum atomic E-state index is -1.02. The highest BCUT2D eigenvalue weighted by molar-refractivity contribution is 5.94. The van der Waals surface area contributed by atoms with Gasteiger partial charge in [0.2, 0.25) is 0 Å². The van der Waals surface area contributed by atoms with Crippen LogP contribution < -0.4 is 9.47 Å². The molecular formula is C27H32N4O7. The predicted octanol–water partition coefficient (Wildman–Crippen LogP) is 4.15. The van der Waals surface area contributed by atoms with E-state index < -0.39 is 5.97 Å². The van der Waals surface area contributed by atoms with E-state index in [-0.39, 0.29) is 11.6 Å². The van der Waals surface area contributed by atoms with E-state index in [4.69, 9.17) is 24.6 Å². The number of fused-ring (bicyclic) bond motifs is 2. The number of nitrogens with zero attached hydrogens (tertiary/aromatic N) is 4. The zero-order chi connectivity index (χ0) is 28.2. The van der Waals surface area contributed by atoms with E-state index >= 15 is 0 Å². The van der Waals surface area contributed by atoms with Gasteiger partial charge in [-0.15, -0.1) is 0 Å². The molecule has 0 fully saturated rings. The number of carboxylic acid groups (broad SMARTS) is 1. The van der Waals surface area contributed by atoms with E-state index in [1.165, 1.54) is 13.2 Å². The number of carbonyl (C=O) groups is 2. The second-order valence-corrected chi connectivity index (χ2v) is 7.77. The maximum absolute atomic E-state index is 11.9. The number of hydrogen-bond donors (Lipinski definition) is 2. The molecule has 0 radical (unpaired) electrons. The molecule has 2 aromatic carbocycles. The van der Waals surface area contributed by atoms with Crippen molar-refractivity contribution in [3.63, 3.8) is 0 Å². The number of carboxylic acids is 1. The summed E-state index contributed by atoms with van der Waals surface area (Å²) in [6, 6.07) is 17.5. The van der Waals surface area contributed by atoms with Crippen molar-refractivity contribution in [2.45, 2.75) is 6.92 Å². The lowest BCUT2D eigenvalue weighted by atomic mass is 10.2. The minimum Gasteiger partial charge on any atom is -0.497 e. The maximum Gasteiger partial charge on any atom is 0.354 e. The van der Waals surface area contributed by atoms with Gasteiger partial charge in [0.25, 0.3) is 5.91 Å². The Morgan fingerprint density at radius 3 is 1.63 bits per heavy atom. The second-order valence-electron chi connectivity index (χ2n) is 7.77. The Balaban J connectivity index is 0.000000230. The Labute approximate surface area is 220 Å². The van der Waals surface area contributed by atoms with Crippen molar-refractivity contribution in [1.29, 1.82) is 0 Å².